The maximum Gasteiger partial charge on any atom is 0.124 e. The van der Waals surface area contributed by atoms with Gasteiger partial charge in [0.25, 0.3) is 0 Å². The van der Waals surface area contributed by atoms with Crippen molar-refractivity contribution >= 4 is 15.9 Å². The van der Waals surface area contributed by atoms with Crippen molar-refractivity contribution in [3.63, 3.8) is 0 Å². The molecular formula is C12H15BrO2. The summed E-state index contributed by atoms with van der Waals surface area (Å²) in [5.41, 5.74) is 1.10. The predicted molar refractivity (Wildman–Crippen MR) is 63.2 cm³/mol. The van der Waals surface area contributed by atoms with Gasteiger partial charge in [-0.1, -0.05) is 15.9 Å². The zero-order valence-electron chi connectivity index (χ0n) is 8.74. The number of rotatable bonds is 2. The van der Waals surface area contributed by atoms with E-state index in [1.807, 2.05) is 25.1 Å². The molecule has 0 amide bonds. The van der Waals surface area contributed by atoms with Gasteiger partial charge in [-0.3, -0.25) is 0 Å². The van der Waals surface area contributed by atoms with Gasteiger partial charge in [-0.15, -0.1) is 0 Å². The molecule has 1 aliphatic carbocycles. The molecule has 1 aromatic rings. The first kappa shape index (κ1) is 11.0. The molecule has 82 valence electrons. The highest BCUT2D eigenvalue weighted by Crippen LogP contribution is 2.28. The number of aryl methyl sites for hydroxylation is 1. The van der Waals surface area contributed by atoms with Crippen LogP contribution < -0.4 is 4.74 Å². The molecule has 3 heteroatoms. The van der Waals surface area contributed by atoms with Crippen molar-refractivity contribution in [2.75, 3.05) is 0 Å². The van der Waals surface area contributed by atoms with Gasteiger partial charge >= 0.3 is 0 Å². The molecule has 1 aromatic carbocycles. The number of halogens is 1. The molecule has 0 bridgehead atoms. The first-order chi connectivity index (χ1) is 7.16. The van der Waals surface area contributed by atoms with E-state index in [4.69, 9.17) is 4.74 Å². The molecule has 1 N–H and O–H groups in total. The summed E-state index contributed by atoms with van der Waals surface area (Å²) in [5.74, 6) is 0.879. The van der Waals surface area contributed by atoms with E-state index in [-0.39, 0.29) is 12.2 Å². The monoisotopic (exact) mass is 270 g/mol. The Hall–Kier alpha value is -0.540. The smallest absolute Gasteiger partial charge is 0.124 e. The Bertz CT molecular complexity index is 351. The Morgan fingerprint density at radius 1 is 1.40 bits per heavy atom. The third-order valence-electron chi connectivity index (χ3n) is 2.83. The average Bonchev–Trinajstić information content (AvgIpc) is 2.57. The van der Waals surface area contributed by atoms with Crippen molar-refractivity contribution < 1.29 is 9.84 Å². The number of hydrogen-bond acceptors (Lipinski definition) is 2. The highest BCUT2D eigenvalue weighted by atomic mass is 79.9. The second-order valence-electron chi connectivity index (χ2n) is 4.06. The minimum atomic E-state index is -0.298. The second-order valence-corrected chi connectivity index (χ2v) is 4.98. The zero-order chi connectivity index (χ0) is 10.8. The minimum absolute atomic E-state index is 0.0233. The molecule has 1 aliphatic rings. The van der Waals surface area contributed by atoms with Crippen LogP contribution in [0.15, 0.2) is 22.7 Å². The van der Waals surface area contributed by atoms with Gasteiger partial charge in [0.1, 0.15) is 11.9 Å². The van der Waals surface area contributed by atoms with Gasteiger partial charge in [0.15, 0.2) is 0 Å². The fraction of sp³-hybridized carbons (Fsp3) is 0.500. The lowest BCUT2D eigenvalue weighted by Gasteiger charge is -2.18. The molecule has 2 rings (SSSR count). The van der Waals surface area contributed by atoms with Crippen LogP contribution >= 0.6 is 15.9 Å². The van der Waals surface area contributed by atoms with Gasteiger partial charge in [-0.25, -0.2) is 0 Å². The SMILES string of the molecule is Cc1cc(Br)ccc1OC1CCCC1O. The van der Waals surface area contributed by atoms with E-state index in [0.717, 1.165) is 35.0 Å². The van der Waals surface area contributed by atoms with Crippen LogP contribution in [0.2, 0.25) is 0 Å². The summed E-state index contributed by atoms with van der Waals surface area (Å²) in [6.07, 6.45) is 2.55. The Kier molecular flexibility index (Phi) is 3.32. The molecule has 0 aromatic heterocycles. The summed E-state index contributed by atoms with van der Waals surface area (Å²) in [4.78, 5) is 0. The van der Waals surface area contributed by atoms with Crippen molar-refractivity contribution in [2.24, 2.45) is 0 Å². The molecule has 0 spiro atoms. The molecule has 2 unspecified atom stereocenters. The first-order valence-electron chi connectivity index (χ1n) is 5.27. The molecule has 0 aliphatic heterocycles. The van der Waals surface area contributed by atoms with Crippen LogP contribution in [-0.2, 0) is 0 Å². The van der Waals surface area contributed by atoms with Crippen LogP contribution in [0.3, 0.4) is 0 Å². The largest absolute Gasteiger partial charge is 0.487 e. The van der Waals surface area contributed by atoms with Crippen LogP contribution in [-0.4, -0.2) is 17.3 Å². The summed E-state index contributed by atoms with van der Waals surface area (Å²) in [7, 11) is 0. The molecule has 0 heterocycles. The van der Waals surface area contributed by atoms with E-state index >= 15 is 0 Å². The highest BCUT2D eigenvalue weighted by molar-refractivity contribution is 9.10. The van der Waals surface area contributed by atoms with Crippen molar-refractivity contribution in [3.8, 4) is 5.75 Å². The molecular weight excluding hydrogens is 256 g/mol. The van der Waals surface area contributed by atoms with Crippen molar-refractivity contribution in [1.29, 1.82) is 0 Å². The quantitative estimate of drug-likeness (QED) is 0.895. The number of hydrogen-bond donors (Lipinski definition) is 1. The molecule has 0 radical (unpaired) electrons. The second kappa shape index (κ2) is 4.54. The van der Waals surface area contributed by atoms with Crippen LogP contribution in [0.4, 0.5) is 0 Å². The Labute approximate surface area is 98.4 Å². The number of aliphatic hydroxyl groups excluding tert-OH is 1. The molecule has 15 heavy (non-hydrogen) atoms. The molecule has 1 fully saturated rings. The van der Waals surface area contributed by atoms with E-state index in [9.17, 15) is 5.11 Å². The van der Waals surface area contributed by atoms with Gasteiger partial charge in [-0.2, -0.15) is 0 Å². The van der Waals surface area contributed by atoms with Crippen LogP contribution in [0.1, 0.15) is 24.8 Å². The fourth-order valence-corrected chi connectivity index (χ4v) is 2.43. The lowest BCUT2D eigenvalue weighted by Crippen LogP contribution is -2.25. The topological polar surface area (TPSA) is 29.5 Å². The number of aliphatic hydroxyl groups is 1. The summed E-state index contributed by atoms with van der Waals surface area (Å²) in [6.45, 7) is 2.02. The van der Waals surface area contributed by atoms with E-state index in [0.29, 0.717) is 0 Å². The maximum absolute atomic E-state index is 9.66. The molecule has 2 nitrogen and oxygen atoms in total. The van der Waals surface area contributed by atoms with Gasteiger partial charge in [-0.05, 0) is 49.9 Å². The van der Waals surface area contributed by atoms with Crippen molar-refractivity contribution in [3.05, 3.63) is 28.2 Å². The maximum atomic E-state index is 9.66. The van der Waals surface area contributed by atoms with Gasteiger partial charge < -0.3 is 9.84 Å². The Morgan fingerprint density at radius 2 is 2.20 bits per heavy atom. The van der Waals surface area contributed by atoms with Gasteiger partial charge in [0.2, 0.25) is 0 Å². The van der Waals surface area contributed by atoms with Crippen LogP contribution in [0, 0.1) is 6.92 Å². The van der Waals surface area contributed by atoms with Crippen molar-refractivity contribution in [1.82, 2.24) is 0 Å². The lowest BCUT2D eigenvalue weighted by molar-refractivity contribution is 0.0599. The summed E-state index contributed by atoms with van der Waals surface area (Å²) < 4.78 is 6.86. The third-order valence-corrected chi connectivity index (χ3v) is 3.33. The summed E-state index contributed by atoms with van der Waals surface area (Å²) >= 11 is 3.42. The third kappa shape index (κ3) is 2.52. The number of ether oxygens (including phenoxy) is 1. The average molecular weight is 271 g/mol. The van der Waals surface area contributed by atoms with Gasteiger partial charge in [0.05, 0.1) is 6.10 Å². The van der Waals surface area contributed by atoms with E-state index in [2.05, 4.69) is 15.9 Å². The van der Waals surface area contributed by atoms with Crippen LogP contribution in [0.5, 0.6) is 5.75 Å². The van der Waals surface area contributed by atoms with E-state index in [1.54, 1.807) is 0 Å². The standard InChI is InChI=1S/C12H15BrO2/c1-8-7-9(13)5-6-11(8)15-12-4-2-3-10(12)14/h5-7,10,12,14H,2-4H2,1H3. The Balaban J connectivity index is 2.10. The van der Waals surface area contributed by atoms with Crippen LogP contribution in [0.25, 0.3) is 0 Å². The lowest BCUT2D eigenvalue weighted by atomic mass is 10.2. The van der Waals surface area contributed by atoms with E-state index in [1.165, 1.54) is 0 Å². The highest BCUT2D eigenvalue weighted by Gasteiger charge is 2.27. The molecule has 1 saturated carbocycles. The first-order valence-corrected chi connectivity index (χ1v) is 6.07. The fourth-order valence-electron chi connectivity index (χ4n) is 1.95. The van der Waals surface area contributed by atoms with E-state index < -0.39 is 0 Å². The Morgan fingerprint density at radius 3 is 2.80 bits per heavy atom. The minimum Gasteiger partial charge on any atom is -0.487 e. The zero-order valence-corrected chi connectivity index (χ0v) is 10.3. The summed E-state index contributed by atoms with van der Waals surface area (Å²) in [5, 5.41) is 9.66. The number of benzene rings is 1. The normalized spacial score (nSPS) is 25.5. The summed E-state index contributed by atoms with van der Waals surface area (Å²) in [6, 6.07) is 5.94. The predicted octanol–water partition coefficient (Wildman–Crippen LogP) is 3.05. The molecule has 0 saturated heterocycles. The van der Waals surface area contributed by atoms with Gasteiger partial charge in [0, 0.05) is 4.47 Å². The van der Waals surface area contributed by atoms with Crippen molar-refractivity contribution in [2.45, 2.75) is 38.4 Å². The molecule has 2 atom stereocenters.